The number of carbonyl (C=O) groups is 1. The first kappa shape index (κ1) is 19.2. The Morgan fingerprint density at radius 2 is 1.89 bits per heavy atom. The lowest BCUT2D eigenvalue weighted by Crippen LogP contribution is -2.50. The van der Waals surface area contributed by atoms with E-state index in [1.165, 1.54) is 12.3 Å². The molecule has 0 atom stereocenters. The molecule has 0 unspecified atom stereocenters. The molecule has 3 rings (SSSR count). The molecule has 1 aliphatic heterocycles. The van der Waals surface area contributed by atoms with Crippen molar-refractivity contribution in [3.8, 4) is 0 Å². The Balaban J connectivity index is 1.60. The van der Waals surface area contributed by atoms with Crippen molar-refractivity contribution in [1.82, 2.24) is 9.88 Å². The number of aromatic nitrogens is 1. The highest BCUT2D eigenvalue weighted by molar-refractivity contribution is 6.33. The molecule has 0 saturated carbocycles. The zero-order valence-electron chi connectivity index (χ0n) is 14.5. The van der Waals surface area contributed by atoms with Crippen molar-refractivity contribution in [2.75, 3.05) is 36.4 Å². The van der Waals surface area contributed by atoms with Gasteiger partial charge in [-0.3, -0.25) is 10.1 Å². The Morgan fingerprint density at radius 1 is 1.19 bits per heavy atom. The molecule has 1 aromatic heterocycles. The number of hydrogen-bond acceptors (Lipinski definition) is 5. The Kier molecular flexibility index (Phi) is 5.67. The van der Waals surface area contributed by atoms with Crippen LogP contribution in [0.3, 0.4) is 0 Å². The van der Waals surface area contributed by atoms with E-state index in [-0.39, 0.29) is 16.7 Å². The van der Waals surface area contributed by atoms with Crippen LogP contribution in [0.15, 0.2) is 30.5 Å². The molecule has 8 nitrogen and oxygen atoms in total. The predicted molar refractivity (Wildman–Crippen MR) is 105 cm³/mol. The van der Waals surface area contributed by atoms with Crippen LogP contribution in [0.1, 0.15) is 5.56 Å². The first-order valence-electron chi connectivity index (χ1n) is 8.22. The van der Waals surface area contributed by atoms with E-state index < -0.39 is 4.92 Å². The fourth-order valence-electron chi connectivity index (χ4n) is 2.75. The van der Waals surface area contributed by atoms with Gasteiger partial charge in [0.15, 0.2) is 0 Å². The second kappa shape index (κ2) is 7.98. The van der Waals surface area contributed by atoms with Crippen molar-refractivity contribution in [2.45, 2.75) is 6.92 Å². The van der Waals surface area contributed by atoms with Crippen LogP contribution < -0.4 is 10.2 Å². The second-order valence-corrected chi connectivity index (χ2v) is 6.94. The van der Waals surface area contributed by atoms with Gasteiger partial charge < -0.3 is 15.1 Å². The molecular formula is C17H17Cl2N5O3. The van der Waals surface area contributed by atoms with Gasteiger partial charge in [0.1, 0.15) is 12.0 Å². The van der Waals surface area contributed by atoms with Crippen LogP contribution >= 0.6 is 23.2 Å². The van der Waals surface area contributed by atoms with Gasteiger partial charge in [0, 0.05) is 43.0 Å². The largest absolute Gasteiger partial charge is 0.352 e. The Bertz CT molecular complexity index is 885. The molecule has 1 fully saturated rings. The lowest BCUT2D eigenvalue weighted by molar-refractivity contribution is -0.385. The summed E-state index contributed by atoms with van der Waals surface area (Å²) in [6.07, 6.45) is 1.18. The summed E-state index contributed by atoms with van der Waals surface area (Å²) >= 11 is 12.2. The highest BCUT2D eigenvalue weighted by atomic mass is 35.5. The Morgan fingerprint density at radius 3 is 2.48 bits per heavy atom. The first-order chi connectivity index (χ1) is 12.8. The number of piperazine rings is 1. The number of halogens is 2. The molecule has 2 amide bonds. The minimum absolute atomic E-state index is 0.154. The smallest absolute Gasteiger partial charge is 0.321 e. The molecule has 2 aromatic rings. The maximum Gasteiger partial charge on any atom is 0.321 e. The molecular weight excluding hydrogens is 393 g/mol. The lowest BCUT2D eigenvalue weighted by atomic mass is 10.2. The second-order valence-electron chi connectivity index (χ2n) is 6.12. The van der Waals surface area contributed by atoms with E-state index >= 15 is 0 Å². The van der Waals surface area contributed by atoms with Crippen molar-refractivity contribution in [3.63, 3.8) is 0 Å². The molecule has 0 spiro atoms. The van der Waals surface area contributed by atoms with Crippen LogP contribution in [0.2, 0.25) is 10.0 Å². The number of anilines is 2. The van der Waals surface area contributed by atoms with Gasteiger partial charge in [0.05, 0.1) is 9.95 Å². The minimum atomic E-state index is -0.539. The number of nitrogens with zero attached hydrogens (tertiary/aromatic N) is 4. The fourth-order valence-corrected chi connectivity index (χ4v) is 3.21. The maximum atomic E-state index is 12.4. The summed E-state index contributed by atoms with van der Waals surface area (Å²) < 4.78 is 0. The monoisotopic (exact) mass is 409 g/mol. The maximum absolute atomic E-state index is 12.4. The average molecular weight is 410 g/mol. The summed E-state index contributed by atoms with van der Waals surface area (Å²) in [5.74, 6) is 0.479. The summed E-state index contributed by atoms with van der Waals surface area (Å²) in [5.41, 5.74) is 1.42. The minimum Gasteiger partial charge on any atom is -0.352 e. The number of nitro groups is 1. The molecule has 1 N–H and O–H groups in total. The quantitative estimate of drug-likeness (QED) is 0.611. The summed E-state index contributed by atoms with van der Waals surface area (Å²) in [5, 5.41) is 14.4. The fraction of sp³-hybridized carbons (Fsp3) is 0.294. The van der Waals surface area contributed by atoms with Crippen LogP contribution in [0.5, 0.6) is 0 Å². The molecule has 0 radical (unpaired) electrons. The standard InChI is InChI=1S/C17H17Cl2N5O3/c1-11-2-3-12(8-14(11)18)21-17(25)23-6-4-22(5-7-23)16-15(19)9-13(10-20-16)24(26)27/h2-3,8-10H,4-7H2,1H3,(H,21,25). The normalized spacial score (nSPS) is 14.2. The van der Waals surface area contributed by atoms with E-state index in [1.54, 1.807) is 17.0 Å². The summed E-state index contributed by atoms with van der Waals surface area (Å²) in [4.78, 5) is 30.4. The highest BCUT2D eigenvalue weighted by Gasteiger charge is 2.24. The number of amides is 2. The first-order valence-corrected chi connectivity index (χ1v) is 8.97. The van der Waals surface area contributed by atoms with Gasteiger partial charge in [-0.1, -0.05) is 29.3 Å². The van der Waals surface area contributed by atoms with Gasteiger partial charge in [-0.05, 0) is 24.6 Å². The molecule has 142 valence electrons. The van der Waals surface area contributed by atoms with Gasteiger partial charge in [-0.2, -0.15) is 0 Å². The molecule has 0 aliphatic carbocycles. The Hall–Kier alpha value is -2.58. The number of nitrogens with one attached hydrogen (secondary N) is 1. The zero-order valence-corrected chi connectivity index (χ0v) is 16.0. The van der Waals surface area contributed by atoms with E-state index in [2.05, 4.69) is 10.3 Å². The lowest BCUT2D eigenvalue weighted by Gasteiger charge is -2.35. The number of hydrogen-bond donors (Lipinski definition) is 1. The van der Waals surface area contributed by atoms with Crippen molar-refractivity contribution in [1.29, 1.82) is 0 Å². The SMILES string of the molecule is Cc1ccc(NC(=O)N2CCN(c3ncc([N+](=O)[O-])cc3Cl)CC2)cc1Cl. The van der Waals surface area contributed by atoms with E-state index in [0.717, 1.165) is 5.56 Å². The van der Waals surface area contributed by atoms with Crippen LogP contribution in [-0.2, 0) is 0 Å². The van der Waals surface area contributed by atoms with Gasteiger partial charge in [0.25, 0.3) is 5.69 Å². The molecule has 1 aromatic carbocycles. The zero-order chi connectivity index (χ0) is 19.6. The molecule has 27 heavy (non-hydrogen) atoms. The number of benzene rings is 1. The van der Waals surface area contributed by atoms with Crippen molar-refractivity contribution >= 4 is 46.4 Å². The number of pyridine rings is 1. The van der Waals surface area contributed by atoms with E-state index in [1.807, 2.05) is 17.9 Å². The Labute approximate surface area is 165 Å². The number of aryl methyl sites for hydroxylation is 1. The highest BCUT2D eigenvalue weighted by Crippen LogP contribution is 2.28. The third-order valence-corrected chi connectivity index (χ3v) is 4.99. The number of urea groups is 1. The van der Waals surface area contributed by atoms with Crippen LogP contribution in [-0.4, -0.2) is 47.0 Å². The van der Waals surface area contributed by atoms with Gasteiger partial charge in [-0.15, -0.1) is 0 Å². The van der Waals surface area contributed by atoms with Crippen molar-refractivity contribution in [3.05, 3.63) is 56.2 Å². The van der Waals surface area contributed by atoms with E-state index in [0.29, 0.717) is 42.7 Å². The van der Waals surface area contributed by atoms with Crippen LogP contribution in [0.4, 0.5) is 22.0 Å². The number of rotatable bonds is 3. The van der Waals surface area contributed by atoms with Gasteiger partial charge in [-0.25, -0.2) is 9.78 Å². The van der Waals surface area contributed by atoms with Gasteiger partial charge >= 0.3 is 6.03 Å². The van der Waals surface area contributed by atoms with E-state index in [9.17, 15) is 14.9 Å². The molecule has 0 bridgehead atoms. The molecule has 1 saturated heterocycles. The van der Waals surface area contributed by atoms with Crippen LogP contribution in [0, 0.1) is 17.0 Å². The summed E-state index contributed by atoms with van der Waals surface area (Å²) in [7, 11) is 0. The predicted octanol–water partition coefficient (Wildman–Crippen LogP) is 3.96. The van der Waals surface area contributed by atoms with Crippen molar-refractivity contribution in [2.24, 2.45) is 0 Å². The number of carbonyl (C=O) groups excluding carboxylic acids is 1. The third kappa shape index (κ3) is 4.40. The van der Waals surface area contributed by atoms with E-state index in [4.69, 9.17) is 23.2 Å². The summed E-state index contributed by atoms with van der Waals surface area (Å²) in [6.45, 7) is 3.88. The topological polar surface area (TPSA) is 91.6 Å². The summed E-state index contributed by atoms with van der Waals surface area (Å²) in [6, 6.07) is 6.43. The molecule has 1 aliphatic rings. The van der Waals surface area contributed by atoms with Gasteiger partial charge in [0.2, 0.25) is 0 Å². The third-order valence-electron chi connectivity index (χ3n) is 4.31. The average Bonchev–Trinajstić information content (AvgIpc) is 2.64. The molecule has 2 heterocycles. The molecule has 10 heteroatoms. The van der Waals surface area contributed by atoms with Crippen LogP contribution in [0.25, 0.3) is 0 Å². The van der Waals surface area contributed by atoms with Crippen molar-refractivity contribution < 1.29 is 9.72 Å².